The molecule has 3 aromatic heterocycles. The van der Waals surface area contributed by atoms with Crippen LogP contribution in [0.15, 0.2) is 72.0 Å². The molecule has 1 aromatic carbocycles. The molecule has 0 atom stereocenters. The molecule has 0 amide bonds. The van der Waals surface area contributed by atoms with E-state index < -0.39 is 0 Å². The van der Waals surface area contributed by atoms with Gasteiger partial charge in [-0.3, -0.25) is 19.3 Å². The Morgan fingerprint density at radius 3 is 2.58 bits per heavy atom. The maximum absolute atomic E-state index is 12.6. The Hall–Kier alpha value is -3.54. The molecule has 6 nitrogen and oxygen atoms in total. The lowest BCUT2D eigenvalue weighted by atomic mass is 9.95. The highest BCUT2D eigenvalue weighted by molar-refractivity contribution is 5.92. The zero-order valence-corrected chi connectivity index (χ0v) is 17.6. The second-order valence-corrected chi connectivity index (χ2v) is 8.23. The van der Waals surface area contributed by atoms with Crippen molar-refractivity contribution < 1.29 is 0 Å². The SMILES string of the molecule is Cc1cc(N2CCC(Cn3cnc(-c4ccncc4)cc3=O)CC2)c2ccccc2n1. The molecule has 31 heavy (non-hydrogen) atoms. The van der Waals surface area contributed by atoms with Gasteiger partial charge < -0.3 is 4.90 Å². The van der Waals surface area contributed by atoms with Gasteiger partial charge in [0.05, 0.1) is 17.5 Å². The van der Waals surface area contributed by atoms with Crippen molar-refractivity contribution >= 4 is 16.6 Å². The molecule has 1 fully saturated rings. The number of anilines is 1. The van der Waals surface area contributed by atoms with Gasteiger partial charge >= 0.3 is 0 Å². The fourth-order valence-corrected chi connectivity index (χ4v) is 4.43. The number of rotatable bonds is 4. The molecule has 1 aliphatic heterocycles. The molecule has 0 spiro atoms. The molecule has 6 heteroatoms. The van der Waals surface area contributed by atoms with Crippen molar-refractivity contribution in [3.05, 3.63) is 83.3 Å². The van der Waals surface area contributed by atoms with E-state index in [1.807, 2.05) is 18.2 Å². The highest BCUT2D eigenvalue weighted by atomic mass is 16.1. The summed E-state index contributed by atoms with van der Waals surface area (Å²) in [5, 5.41) is 1.21. The Bertz CT molecular complexity index is 1260. The summed E-state index contributed by atoms with van der Waals surface area (Å²) in [6.45, 7) is 4.73. The van der Waals surface area contributed by atoms with Crippen LogP contribution in [0.2, 0.25) is 0 Å². The van der Waals surface area contributed by atoms with Crippen LogP contribution in [0.4, 0.5) is 5.69 Å². The summed E-state index contributed by atoms with van der Waals surface area (Å²) < 4.78 is 1.75. The number of hydrogen-bond acceptors (Lipinski definition) is 5. The monoisotopic (exact) mass is 411 g/mol. The zero-order valence-electron chi connectivity index (χ0n) is 17.6. The van der Waals surface area contributed by atoms with E-state index >= 15 is 0 Å². The van der Waals surface area contributed by atoms with Crippen LogP contribution in [-0.4, -0.2) is 32.6 Å². The number of nitrogens with zero attached hydrogens (tertiary/aromatic N) is 5. The first kappa shape index (κ1) is 19.4. The van der Waals surface area contributed by atoms with E-state index in [1.165, 1.54) is 11.1 Å². The molecule has 0 bridgehead atoms. The van der Waals surface area contributed by atoms with E-state index in [1.54, 1.807) is 29.4 Å². The third-order valence-corrected chi connectivity index (χ3v) is 6.09. The van der Waals surface area contributed by atoms with Crippen LogP contribution < -0.4 is 10.5 Å². The van der Waals surface area contributed by atoms with E-state index in [9.17, 15) is 4.79 Å². The fourth-order valence-electron chi connectivity index (χ4n) is 4.43. The number of para-hydroxylation sites is 1. The number of pyridine rings is 2. The lowest BCUT2D eigenvalue weighted by Crippen LogP contribution is -2.36. The molecule has 0 N–H and O–H groups in total. The van der Waals surface area contributed by atoms with Crippen molar-refractivity contribution in [1.82, 2.24) is 19.5 Å². The van der Waals surface area contributed by atoms with Gasteiger partial charge in [0.15, 0.2) is 0 Å². The van der Waals surface area contributed by atoms with Crippen LogP contribution in [0.3, 0.4) is 0 Å². The number of hydrogen-bond donors (Lipinski definition) is 0. The van der Waals surface area contributed by atoms with E-state index in [-0.39, 0.29) is 5.56 Å². The quantitative estimate of drug-likeness (QED) is 0.506. The molecular weight excluding hydrogens is 386 g/mol. The lowest BCUT2D eigenvalue weighted by molar-refractivity contribution is 0.351. The van der Waals surface area contributed by atoms with Crippen LogP contribution in [0.25, 0.3) is 22.2 Å². The van der Waals surface area contributed by atoms with Gasteiger partial charge in [0.2, 0.25) is 0 Å². The number of fused-ring (bicyclic) bond motifs is 1. The molecule has 4 heterocycles. The Balaban J connectivity index is 1.28. The van der Waals surface area contributed by atoms with Gasteiger partial charge in [-0.25, -0.2) is 4.98 Å². The van der Waals surface area contributed by atoms with Crippen molar-refractivity contribution in [1.29, 1.82) is 0 Å². The van der Waals surface area contributed by atoms with E-state index in [2.05, 4.69) is 51.0 Å². The van der Waals surface area contributed by atoms with Crippen LogP contribution in [-0.2, 0) is 6.54 Å². The topological polar surface area (TPSA) is 63.9 Å². The molecule has 4 aromatic rings. The maximum atomic E-state index is 12.6. The summed E-state index contributed by atoms with van der Waals surface area (Å²) in [6.07, 6.45) is 7.21. The Labute approximate surface area is 181 Å². The maximum Gasteiger partial charge on any atom is 0.253 e. The molecule has 5 rings (SSSR count). The molecule has 0 saturated carbocycles. The lowest BCUT2D eigenvalue weighted by Gasteiger charge is -2.34. The largest absolute Gasteiger partial charge is 0.371 e. The summed E-state index contributed by atoms with van der Waals surface area (Å²) in [7, 11) is 0. The molecule has 1 saturated heterocycles. The normalized spacial score (nSPS) is 14.8. The molecule has 0 unspecified atom stereocenters. The van der Waals surface area contributed by atoms with Crippen LogP contribution in [0, 0.1) is 12.8 Å². The van der Waals surface area contributed by atoms with Crippen LogP contribution >= 0.6 is 0 Å². The second kappa shape index (κ2) is 8.30. The molecule has 1 aliphatic rings. The van der Waals surface area contributed by atoms with E-state index in [4.69, 9.17) is 0 Å². The van der Waals surface area contributed by atoms with Crippen molar-refractivity contribution in [3.63, 3.8) is 0 Å². The van der Waals surface area contributed by atoms with Gasteiger partial charge in [-0.2, -0.15) is 0 Å². The van der Waals surface area contributed by atoms with E-state index in [0.717, 1.165) is 42.7 Å². The number of aryl methyl sites for hydroxylation is 1. The highest BCUT2D eigenvalue weighted by Crippen LogP contribution is 2.30. The Morgan fingerprint density at radius 1 is 1.03 bits per heavy atom. The van der Waals surface area contributed by atoms with Crippen molar-refractivity contribution in [3.8, 4) is 11.3 Å². The molecule has 0 radical (unpaired) electrons. The highest BCUT2D eigenvalue weighted by Gasteiger charge is 2.22. The Kier molecular flexibility index (Phi) is 5.20. The zero-order chi connectivity index (χ0) is 21.2. The van der Waals surface area contributed by atoms with Crippen molar-refractivity contribution in [2.24, 2.45) is 5.92 Å². The average Bonchev–Trinajstić information content (AvgIpc) is 2.81. The van der Waals surface area contributed by atoms with Crippen molar-refractivity contribution in [2.75, 3.05) is 18.0 Å². The van der Waals surface area contributed by atoms with Gasteiger partial charge in [0.1, 0.15) is 0 Å². The summed E-state index contributed by atoms with van der Waals surface area (Å²) >= 11 is 0. The fraction of sp³-hybridized carbons (Fsp3) is 0.280. The first-order valence-electron chi connectivity index (χ1n) is 10.8. The first-order valence-corrected chi connectivity index (χ1v) is 10.8. The number of benzene rings is 1. The van der Waals surface area contributed by atoms with Gasteiger partial charge in [0, 0.05) is 60.4 Å². The predicted molar refractivity (Wildman–Crippen MR) is 123 cm³/mol. The minimum atomic E-state index is -0.00000517. The number of piperidine rings is 1. The summed E-state index contributed by atoms with van der Waals surface area (Å²) in [5.41, 5.74) is 4.96. The van der Waals surface area contributed by atoms with Crippen LogP contribution in [0.1, 0.15) is 18.5 Å². The number of aromatic nitrogens is 4. The average molecular weight is 412 g/mol. The van der Waals surface area contributed by atoms with E-state index in [0.29, 0.717) is 18.2 Å². The smallest absolute Gasteiger partial charge is 0.253 e. The van der Waals surface area contributed by atoms with Crippen molar-refractivity contribution in [2.45, 2.75) is 26.3 Å². The predicted octanol–water partition coefficient (Wildman–Crippen LogP) is 4.08. The van der Waals surface area contributed by atoms with Gasteiger partial charge in [-0.15, -0.1) is 0 Å². The summed E-state index contributed by atoms with van der Waals surface area (Å²) in [6, 6.07) is 15.9. The minimum absolute atomic E-state index is 0.00000517. The van der Waals surface area contributed by atoms with Gasteiger partial charge in [-0.05, 0) is 49.9 Å². The molecule has 156 valence electrons. The van der Waals surface area contributed by atoms with Gasteiger partial charge in [-0.1, -0.05) is 18.2 Å². The first-order chi connectivity index (χ1) is 15.2. The van der Waals surface area contributed by atoms with Crippen LogP contribution in [0.5, 0.6) is 0 Å². The second-order valence-electron chi connectivity index (χ2n) is 8.23. The third-order valence-electron chi connectivity index (χ3n) is 6.09. The standard InChI is InChI=1S/C25H25N5O/c1-18-14-24(21-4-2-3-5-22(21)28-18)29-12-8-19(9-13-29)16-30-17-27-23(15-25(30)31)20-6-10-26-11-7-20/h2-7,10-11,14-15,17,19H,8-9,12-13,16H2,1H3. The third kappa shape index (κ3) is 4.06. The molecule has 0 aliphatic carbocycles. The van der Waals surface area contributed by atoms with Gasteiger partial charge in [0.25, 0.3) is 5.56 Å². The minimum Gasteiger partial charge on any atom is -0.371 e. The summed E-state index contributed by atoms with van der Waals surface area (Å²) in [5.74, 6) is 0.469. The summed E-state index contributed by atoms with van der Waals surface area (Å²) in [4.78, 5) is 28.3. The Morgan fingerprint density at radius 2 is 1.81 bits per heavy atom. The molecular formula is C25H25N5O.